The van der Waals surface area contributed by atoms with E-state index in [1.807, 2.05) is 0 Å². The molecule has 2 nitrogen and oxygen atoms in total. The summed E-state index contributed by atoms with van der Waals surface area (Å²) in [5, 5.41) is 0. The van der Waals surface area contributed by atoms with Gasteiger partial charge in [-0.1, -0.05) is 87.8 Å². The number of hydrogen-bond acceptors (Lipinski definition) is 2. The van der Waals surface area contributed by atoms with Crippen LogP contribution in [0.4, 0.5) is 0 Å². The van der Waals surface area contributed by atoms with Crippen molar-refractivity contribution in [3.8, 4) is 0 Å². The van der Waals surface area contributed by atoms with Crippen molar-refractivity contribution >= 4 is 5.97 Å². The van der Waals surface area contributed by atoms with Crippen LogP contribution in [0.25, 0.3) is 0 Å². The first-order valence-electron chi connectivity index (χ1n) is 10.5. The van der Waals surface area contributed by atoms with Gasteiger partial charge in [-0.2, -0.15) is 0 Å². The first-order chi connectivity index (χ1) is 12.4. The van der Waals surface area contributed by atoms with E-state index in [-0.39, 0.29) is 5.97 Å². The Kier molecular flexibility index (Phi) is 15.2. The van der Waals surface area contributed by atoms with Crippen molar-refractivity contribution in [3.05, 3.63) is 36.5 Å². The molecule has 1 heterocycles. The summed E-state index contributed by atoms with van der Waals surface area (Å²) >= 11 is 0. The van der Waals surface area contributed by atoms with Gasteiger partial charge < -0.3 is 4.74 Å². The van der Waals surface area contributed by atoms with Crippen molar-refractivity contribution < 1.29 is 9.53 Å². The largest absolute Gasteiger partial charge is 0.465 e. The van der Waals surface area contributed by atoms with Crippen LogP contribution < -0.4 is 0 Å². The predicted octanol–water partition coefficient (Wildman–Crippen LogP) is 7.06. The van der Waals surface area contributed by atoms with Gasteiger partial charge in [0.1, 0.15) is 0 Å². The van der Waals surface area contributed by atoms with Crippen molar-refractivity contribution in [2.75, 3.05) is 6.61 Å². The fourth-order valence-corrected chi connectivity index (χ4v) is 3.04. The van der Waals surface area contributed by atoms with E-state index in [2.05, 4.69) is 36.5 Å². The third-order valence-corrected chi connectivity index (χ3v) is 4.60. The fourth-order valence-electron chi connectivity index (χ4n) is 3.04. The molecule has 0 unspecified atom stereocenters. The molecule has 1 aliphatic rings. The van der Waals surface area contributed by atoms with Crippen molar-refractivity contribution in [2.24, 2.45) is 0 Å². The van der Waals surface area contributed by atoms with Gasteiger partial charge in [0.05, 0.1) is 6.61 Å². The summed E-state index contributed by atoms with van der Waals surface area (Å²) in [4.78, 5) is 11.6. The smallest absolute Gasteiger partial charge is 0.305 e. The number of carbonyl (C=O) groups is 1. The number of ether oxygens (including phenoxy) is 1. The minimum absolute atomic E-state index is 0.0300. The number of cyclic esters (lactones) is 1. The zero-order valence-electron chi connectivity index (χ0n) is 16.1. The Morgan fingerprint density at radius 1 is 0.560 bits per heavy atom. The van der Waals surface area contributed by atoms with Crippen LogP contribution in [0.1, 0.15) is 96.3 Å². The molecule has 25 heavy (non-hydrogen) atoms. The molecule has 0 aromatic heterocycles. The lowest BCUT2D eigenvalue weighted by Crippen LogP contribution is -2.04. The highest BCUT2D eigenvalue weighted by molar-refractivity contribution is 5.69. The molecular weight excluding hydrogens is 308 g/mol. The second kappa shape index (κ2) is 17.5. The number of hydrogen-bond donors (Lipinski definition) is 0. The van der Waals surface area contributed by atoms with E-state index in [4.69, 9.17) is 4.74 Å². The van der Waals surface area contributed by atoms with Crippen molar-refractivity contribution in [3.63, 3.8) is 0 Å². The highest BCUT2D eigenvalue weighted by Crippen LogP contribution is 2.12. The maximum absolute atomic E-state index is 11.6. The molecule has 0 atom stereocenters. The predicted molar refractivity (Wildman–Crippen MR) is 108 cm³/mol. The van der Waals surface area contributed by atoms with Gasteiger partial charge in [0, 0.05) is 6.42 Å². The van der Waals surface area contributed by atoms with Crippen molar-refractivity contribution in [2.45, 2.75) is 96.3 Å². The summed E-state index contributed by atoms with van der Waals surface area (Å²) in [6.07, 6.45) is 30.8. The number of allylic oxidation sites excluding steroid dienone is 5. The molecule has 1 rings (SSSR count). The lowest BCUT2D eigenvalue weighted by atomic mass is 10.1. The molecule has 2 heteroatoms. The van der Waals surface area contributed by atoms with E-state index in [0.29, 0.717) is 13.0 Å². The van der Waals surface area contributed by atoms with Crippen LogP contribution in [-0.2, 0) is 9.53 Å². The third kappa shape index (κ3) is 15.9. The standard InChI is InChI=1S/C23H38O2/c24-23-21-19-17-15-13-11-9-7-5-3-1-2-4-6-8-10-12-14-16-18-20-22-25-23/h4,6,8,10,16,18H,1-3,5,7,9,11-15,17,19-22H2/b6-4+,10-8-,18-16+. The van der Waals surface area contributed by atoms with E-state index in [1.165, 1.54) is 57.8 Å². The third-order valence-electron chi connectivity index (χ3n) is 4.60. The van der Waals surface area contributed by atoms with Gasteiger partial charge >= 0.3 is 5.97 Å². The molecule has 0 saturated carbocycles. The number of rotatable bonds is 0. The van der Waals surface area contributed by atoms with E-state index in [9.17, 15) is 4.79 Å². The van der Waals surface area contributed by atoms with Gasteiger partial charge in [-0.15, -0.1) is 0 Å². The Morgan fingerprint density at radius 2 is 1.08 bits per heavy atom. The maximum atomic E-state index is 11.6. The summed E-state index contributed by atoms with van der Waals surface area (Å²) in [7, 11) is 0. The molecule has 1 aliphatic heterocycles. The summed E-state index contributed by atoms with van der Waals surface area (Å²) in [6, 6.07) is 0. The van der Waals surface area contributed by atoms with Crippen LogP contribution in [0.15, 0.2) is 36.5 Å². The van der Waals surface area contributed by atoms with Gasteiger partial charge in [0.2, 0.25) is 0 Å². The molecule has 0 spiro atoms. The van der Waals surface area contributed by atoms with E-state index >= 15 is 0 Å². The Balaban J connectivity index is 2.22. The zero-order chi connectivity index (χ0) is 17.8. The highest BCUT2D eigenvalue weighted by Gasteiger charge is 2.01. The summed E-state index contributed by atoms with van der Waals surface area (Å²) < 4.78 is 5.27. The molecule has 0 saturated heterocycles. The lowest BCUT2D eigenvalue weighted by molar-refractivity contribution is -0.143. The zero-order valence-corrected chi connectivity index (χ0v) is 16.1. The normalized spacial score (nSPS) is 25.2. The molecule has 0 aliphatic carbocycles. The molecule has 0 aromatic carbocycles. The van der Waals surface area contributed by atoms with Crippen molar-refractivity contribution in [1.29, 1.82) is 0 Å². The number of esters is 1. The Bertz CT molecular complexity index is 393. The van der Waals surface area contributed by atoms with Crippen LogP contribution in [-0.4, -0.2) is 12.6 Å². The molecule has 0 fully saturated rings. The number of carbonyl (C=O) groups excluding carboxylic acids is 1. The van der Waals surface area contributed by atoms with Crippen LogP contribution in [0, 0.1) is 0 Å². The highest BCUT2D eigenvalue weighted by atomic mass is 16.5. The van der Waals surface area contributed by atoms with Gasteiger partial charge in [-0.25, -0.2) is 0 Å². The molecule has 142 valence electrons. The Morgan fingerprint density at radius 3 is 1.80 bits per heavy atom. The SMILES string of the molecule is O=C1CCCCCCCCCCCC/C=C/C=C\CC/C=C/CCO1. The molecule has 0 N–H and O–H groups in total. The molecule has 0 aromatic rings. The lowest BCUT2D eigenvalue weighted by Gasteiger charge is -2.04. The topological polar surface area (TPSA) is 26.3 Å². The molecule has 0 amide bonds. The molecule has 0 radical (unpaired) electrons. The van der Waals surface area contributed by atoms with Crippen LogP contribution >= 0.6 is 0 Å². The van der Waals surface area contributed by atoms with Gasteiger partial charge in [0.15, 0.2) is 0 Å². The van der Waals surface area contributed by atoms with Crippen LogP contribution in [0.5, 0.6) is 0 Å². The first-order valence-corrected chi connectivity index (χ1v) is 10.5. The Hall–Kier alpha value is -1.31. The second-order valence-electron chi connectivity index (χ2n) is 6.99. The summed E-state index contributed by atoms with van der Waals surface area (Å²) in [6.45, 7) is 0.522. The first kappa shape index (κ1) is 21.7. The fraction of sp³-hybridized carbons (Fsp3) is 0.696. The summed E-state index contributed by atoms with van der Waals surface area (Å²) in [5.41, 5.74) is 0. The minimum Gasteiger partial charge on any atom is -0.465 e. The molecular formula is C23H38O2. The Labute approximate surface area is 155 Å². The van der Waals surface area contributed by atoms with Gasteiger partial charge in [-0.05, 0) is 38.5 Å². The summed E-state index contributed by atoms with van der Waals surface area (Å²) in [5.74, 6) is -0.0300. The van der Waals surface area contributed by atoms with Crippen LogP contribution in [0.2, 0.25) is 0 Å². The van der Waals surface area contributed by atoms with Gasteiger partial charge in [-0.3, -0.25) is 4.79 Å². The quantitative estimate of drug-likeness (QED) is 0.346. The maximum Gasteiger partial charge on any atom is 0.305 e. The van der Waals surface area contributed by atoms with Crippen molar-refractivity contribution in [1.82, 2.24) is 0 Å². The van der Waals surface area contributed by atoms with E-state index in [0.717, 1.165) is 32.1 Å². The average Bonchev–Trinajstić information content (AvgIpc) is 2.61. The van der Waals surface area contributed by atoms with E-state index < -0.39 is 0 Å². The van der Waals surface area contributed by atoms with Gasteiger partial charge in [0.25, 0.3) is 0 Å². The second-order valence-corrected chi connectivity index (χ2v) is 6.99. The average molecular weight is 347 g/mol. The molecule has 0 bridgehead atoms. The van der Waals surface area contributed by atoms with E-state index in [1.54, 1.807) is 0 Å². The van der Waals surface area contributed by atoms with Crippen LogP contribution in [0.3, 0.4) is 0 Å². The monoisotopic (exact) mass is 346 g/mol. The minimum atomic E-state index is -0.0300.